The molecule has 3 rings (SSSR count). The number of hydrogen-bond acceptors (Lipinski definition) is 4. The van der Waals surface area contributed by atoms with Crippen LogP contribution in [0.5, 0.6) is 0 Å². The quantitative estimate of drug-likeness (QED) is 0.539. The number of anilines is 1. The molecule has 1 aromatic carbocycles. The van der Waals surface area contributed by atoms with Gasteiger partial charge in [0.2, 0.25) is 0 Å². The summed E-state index contributed by atoms with van der Waals surface area (Å²) in [6.07, 6.45) is -4.80. The Bertz CT molecular complexity index is 1060. The van der Waals surface area contributed by atoms with Gasteiger partial charge in [0.25, 0.3) is 0 Å². The van der Waals surface area contributed by atoms with Crippen LogP contribution in [0.3, 0.4) is 0 Å². The van der Waals surface area contributed by atoms with E-state index in [-0.39, 0.29) is 34.8 Å². The number of aromatic nitrogens is 3. The number of aryl methyl sites for hydroxylation is 2. The molecule has 0 aliphatic heterocycles. The second kappa shape index (κ2) is 7.06. The first-order chi connectivity index (χ1) is 13.1. The normalized spacial score (nSPS) is 11.6. The fourth-order valence-electron chi connectivity index (χ4n) is 2.81. The molecule has 2 aromatic heterocycles. The average Bonchev–Trinajstić information content (AvgIpc) is 3.00. The highest BCUT2D eigenvalue weighted by Gasteiger charge is 2.35. The number of nitrogen functional groups attached to an aromatic ring is 1. The molecule has 2 N–H and O–H groups in total. The molecule has 0 unspecified atom stereocenters. The molecular formula is C19H16F4N4O. The molecule has 0 fully saturated rings. The summed E-state index contributed by atoms with van der Waals surface area (Å²) in [5, 5.41) is 3.43. The fourth-order valence-corrected chi connectivity index (χ4v) is 2.81. The lowest BCUT2D eigenvalue weighted by atomic mass is 10.0. The molecule has 3 aromatic rings. The van der Waals surface area contributed by atoms with Gasteiger partial charge in [-0.2, -0.15) is 18.3 Å². The van der Waals surface area contributed by atoms with Gasteiger partial charge in [-0.1, -0.05) is 17.7 Å². The van der Waals surface area contributed by atoms with E-state index in [4.69, 9.17) is 5.73 Å². The molecule has 0 aliphatic carbocycles. The van der Waals surface area contributed by atoms with Crippen LogP contribution in [0.1, 0.15) is 27.3 Å². The van der Waals surface area contributed by atoms with E-state index < -0.39 is 23.5 Å². The lowest BCUT2D eigenvalue weighted by molar-refractivity contribution is -0.141. The Kier molecular flexibility index (Phi) is 4.93. The van der Waals surface area contributed by atoms with Crippen molar-refractivity contribution < 1.29 is 22.4 Å². The van der Waals surface area contributed by atoms with E-state index in [1.807, 2.05) is 0 Å². The molecule has 0 radical (unpaired) electrons. The van der Waals surface area contributed by atoms with Crippen molar-refractivity contribution in [3.05, 3.63) is 64.7 Å². The van der Waals surface area contributed by atoms with Gasteiger partial charge in [0, 0.05) is 19.0 Å². The number of rotatable bonds is 4. The average molecular weight is 392 g/mol. The summed E-state index contributed by atoms with van der Waals surface area (Å²) in [7, 11) is 1.35. The van der Waals surface area contributed by atoms with Crippen LogP contribution in [-0.4, -0.2) is 20.5 Å². The minimum absolute atomic E-state index is 0.000342. The van der Waals surface area contributed by atoms with Gasteiger partial charge in [-0.15, -0.1) is 0 Å². The zero-order valence-electron chi connectivity index (χ0n) is 15.0. The third-order valence-corrected chi connectivity index (χ3v) is 4.21. The van der Waals surface area contributed by atoms with Crippen molar-refractivity contribution in [1.82, 2.24) is 14.8 Å². The first-order valence-corrected chi connectivity index (χ1v) is 8.22. The summed E-state index contributed by atoms with van der Waals surface area (Å²) in [5.41, 5.74) is 6.18. The summed E-state index contributed by atoms with van der Waals surface area (Å²) in [6, 6.07) is 8.05. The number of hydrogen-bond donors (Lipinski definition) is 1. The van der Waals surface area contributed by atoms with Gasteiger partial charge < -0.3 is 5.73 Å². The number of ketones is 1. The molecule has 2 heterocycles. The van der Waals surface area contributed by atoms with Crippen LogP contribution in [0.25, 0.3) is 11.3 Å². The van der Waals surface area contributed by atoms with E-state index in [9.17, 15) is 22.4 Å². The molecule has 0 saturated carbocycles. The number of carbonyl (C=O) groups is 1. The maximum absolute atomic E-state index is 13.9. The molecule has 0 bridgehead atoms. The van der Waals surface area contributed by atoms with Crippen molar-refractivity contribution in [2.75, 3.05) is 5.73 Å². The largest absolute Gasteiger partial charge is 0.435 e. The minimum Gasteiger partial charge on any atom is -0.383 e. The van der Waals surface area contributed by atoms with Crippen molar-refractivity contribution in [2.24, 2.45) is 7.05 Å². The summed E-state index contributed by atoms with van der Waals surface area (Å²) < 4.78 is 53.4. The van der Waals surface area contributed by atoms with Gasteiger partial charge >= 0.3 is 6.18 Å². The monoisotopic (exact) mass is 392 g/mol. The highest BCUT2D eigenvalue weighted by molar-refractivity contribution is 5.96. The lowest BCUT2D eigenvalue weighted by Gasteiger charge is -2.08. The summed E-state index contributed by atoms with van der Waals surface area (Å²) >= 11 is 0. The highest BCUT2D eigenvalue weighted by Crippen LogP contribution is 2.33. The second-order valence-corrected chi connectivity index (χ2v) is 6.36. The van der Waals surface area contributed by atoms with Gasteiger partial charge in [-0.25, -0.2) is 9.37 Å². The van der Waals surface area contributed by atoms with Gasteiger partial charge in [-0.3, -0.25) is 9.48 Å². The second-order valence-electron chi connectivity index (χ2n) is 6.36. The molecule has 0 aliphatic rings. The van der Waals surface area contributed by atoms with Gasteiger partial charge in [0.05, 0.1) is 5.69 Å². The lowest BCUT2D eigenvalue weighted by Crippen LogP contribution is -2.10. The zero-order valence-corrected chi connectivity index (χ0v) is 15.0. The van der Waals surface area contributed by atoms with Crippen molar-refractivity contribution in [2.45, 2.75) is 19.5 Å². The van der Waals surface area contributed by atoms with Crippen LogP contribution < -0.4 is 5.73 Å². The van der Waals surface area contributed by atoms with E-state index in [1.165, 1.54) is 25.2 Å². The Morgan fingerprint density at radius 3 is 2.50 bits per heavy atom. The number of benzene rings is 1. The molecule has 9 heteroatoms. The third-order valence-electron chi connectivity index (χ3n) is 4.21. The number of alkyl halides is 3. The van der Waals surface area contributed by atoms with E-state index >= 15 is 0 Å². The van der Waals surface area contributed by atoms with Crippen molar-refractivity contribution in [3.8, 4) is 11.3 Å². The van der Waals surface area contributed by atoms with Crippen LogP contribution in [0.4, 0.5) is 23.4 Å². The Hall–Kier alpha value is -3.23. The van der Waals surface area contributed by atoms with E-state index in [0.717, 1.165) is 16.3 Å². The highest BCUT2D eigenvalue weighted by atomic mass is 19.4. The maximum Gasteiger partial charge on any atom is 0.435 e. The van der Waals surface area contributed by atoms with Crippen LogP contribution in [0.15, 0.2) is 36.4 Å². The van der Waals surface area contributed by atoms with Crippen LogP contribution in [0.2, 0.25) is 0 Å². The third kappa shape index (κ3) is 3.88. The number of Topliss-reactive ketones (excluding diaryl/α,β-unsaturated/α-hetero) is 1. The SMILES string of the molecule is Cc1ccc(F)c(CC(=O)c2ccc(-c3cc(C(F)(F)F)nn3C)c(N)n2)c1. The smallest absolute Gasteiger partial charge is 0.383 e. The predicted molar refractivity (Wildman–Crippen MR) is 95.0 cm³/mol. The molecule has 28 heavy (non-hydrogen) atoms. The molecule has 5 nitrogen and oxygen atoms in total. The first kappa shape index (κ1) is 19.5. The van der Waals surface area contributed by atoms with E-state index in [2.05, 4.69) is 10.1 Å². The predicted octanol–water partition coefficient (Wildman–Crippen LogP) is 3.96. The number of pyridine rings is 1. The van der Waals surface area contributed by atoms with Crippen LogP contribution >= 0.6 is 0 Å². The van der Waals surface area contributed by atoms with Crippen molar-refractivity contribution >= 4 is 11.6 Å². The Morgan fingerprint density at radius 2 is 1.89 bits per heavy atom. The fraction of sp³-hybridized carbons (Fsp3) is 0.211. The molecule has 0 atom stereocenters. The Morgan fingerprint density at radius 1 is 1.18 bits per heavy atom. The van der Waals surface area contributed by atoms with Gasteiger partial charge in [-0.05, 0) is 36.8 Å². The van der Waals surface area contributed by atoms with Crippen LogP contribution in [0, 0.1) is 12.7 Å². The van der Waals surface area contributed by atoms with Crippen LogP contribution in [-0.2, 0) is 19.6 Å². The molecule has 0 saturated heterocycles. The van der Waals surface area contributed by atoms with Crippen molar-refractivity contribution in [1.29, 1.82) is 0 Å². The zero-order chi connectivity index (χ0) is 20.6. The minimum atomic E-state index is -4.59. The van der Waals surface area contributed by atoms with E-state index in [0.29, 0.717) is 0 Å². The molecule has 146 valence electrons. The number of nitrogens with zero attached hydrogens (tertiary/aromatic N) is 3. The Balaban J connectivity index is 1.89. The number of nitrogens with two attached hydrogens (primary N) is 1. The summed E-state index contributed by atoms with van der Waals surface area (Å²) in [4.78, 5) is 16.4. The number of halogens is 4. The van der Waals surface area contributed by atoms with Crippen molar-refractivity contribution in [3.63, 3.8) is 0 Å². The Labute approximate surface area is 157 Å². The standard InChI is InChI=1S/C19H16F4N4O/c1-10-3-5-13(20)11(7-10)8-16(28)14-6-4-12(18(24)25-14)15-9-17(19(21,22)23)26-27(15)2/h3-7,9H,8H2,1-2H3,(H2,24,25). The maximum atomic E-state index is 13.9. The molecule has 0 spiro atoms. The topological polar surface area (TPSA) is 73.8 Å². The number of carbonyl (C=O) groups excluding carboxylic acids is 1. The summed E-state index contributed by atoms with van der Waals surface area (Å²) in [6.45, 7) is 1.78. The van der Waals surface area contributed by atoms with Gasteiger partial charge in [0.15, 0.2) is 11.5 Å². The molecule has 0 amide bonds. The molecular weight excluding hydrogens is 376 g/mol. The van der Waals surface area contributed by atoms with Gasteiger partial charge in [0.1, 0.15) is 17.3 Å². The van der Waals surface area contributed by atoms with E-state index in [1.54, 1.807) is 19.1 Å². The first-order valence-electron chi connectivity index (χ1n) is 8.22. The summed E-state index contributed by atoms with van der Waals surface area (Å²) in [5.74, 6) is -1.07.